The number of hydrogen-bond acceptors (Lipinski definition) is 3. The normalized spacial score (nSPS) is 10.3. The quantitative estimate of drug-likeness (QED) is 0.855. The van der Waals surface area contributed by atoms with Crippen molar-refractivity contribution in [3.8, 4) is 0 Å². The molecule has 0 amide bonds. The van der Waals surface area contributed by atoms with Crippen molar-refractivity contribution in [1.29, 1.82) is 0 Å². The number of aryl methyl sites for hydroxylation is 3. The average molecular weight is 302 g/mol. The van der Waals surface area contributed by atoms with Crippen LogP contribution in [-0.4, -0.2) is 26.2 Å². The molecule has 0 spiro atoms. The van der Waals surface area contributed by atoms with Crippen LogP contribution >= 0.6 is 12.4 Å². The molecule has 0 saturated carbocycles. The molecule has 0 saturated heterocycles. The van der Waals surface area contributed by atoms with Crippen LogP contribution in [0.4, 0.5) is 10.1 Å². The molecule has 0 aliphatic carbocycles. The van der Waals surface area contributed by atoms with Gasteiger partial charge in [-0.05, 0) is 13.3 Å². The van der Waals surface area contributed by atoms with Crippen molar-refractivity contribution in [2.45, 2.75) is 39.9 Å². The Morgan fingerprint density at radius 2 is 2.05 bits per heavy atom. The molecule has 0 radical (unpaired) electrons. The van der Waals surface area contributed by atoms with Crippen LogP contribution in [0.15, 0.2) is 18.6 Å². The Balaban J connectivity index is 0.00000200. The van der Waals surface area contributed by atoms with Gasteiger partial charge in [0, 0.05) is 31.0 Å². The Labute approximate surface area is 124 Å². The second kappa shape index (κ2) is 7.89. The van der Waals surface area contributed by atoms with Crippen LogP contribution in [0.25, 0.3) is 0 Å². The molecule has 0 fully saturated rings. The number of alkyl halides is 1. The maximum atomic E-state index is 12.3. The molecule has 7 heteroatoms. The largest absolute Gasteiger partial charge is 0.378 e. The lowest BCUT2D eigenvalue weighted by Gasteiger charge is -2.02. The van der Waals surface area contributed by atoms with E-state index in [1.165, 1.54) is 0 Å². The summed E-state index contributed by atoms with van der Waals surface area (Å²) in [5.74, 6) is 0. The van der Waals surface area contributed by atoms with Gasteiger partial charge in [0.05, 0.1) is 24.1 Å². The van der Waals surface area contributed by atoms with E-state index in [1.807, 2.05) is 30.2 Å². The third-order valence-corrected chi connectivity index (χ3v) is 2.88. The van der Waals surface area contributed by atoms with E-state index in [-0.39, 0.29) is 12.4 Å². The molecule has 0 aromatic carbocycles. The predicted molar refractivity (Wildman–Crippen MR) is 80.0 cm³/mol. The van der Waals surface area contributed by atoms with Gasteiger partial charge in [-0.15, -0.1) is 12.4 Å². The molecule has 2 heterocycles. The Bertz CT molecular complexity index is 523. The van der Waals surface area contributed by atoms with Crippen LogP contribution in [0.1, 0.15) is 24.6 Å². The summed E-state index contributed by atoms with van der Waals surface area (Å²) in [7, 11) is 0. The fraction of sp³-hybridized carbons (Fsp3) is 0.538. The molecular weight excluding hydrogens is 281 g/mol. The second-order valence-corrected chi connectivity index (χ2v) is 4.55. The Hall–Kier alpha value is -1.56. The van der Waals surface area contributed by atoms with Gasteiger partial charge in [0.25, 0.3) is 0 Å². The third-order valence-electron chi connectivity index (χ3n) is 2.88. The van der Waals surface area contributed by atoms with E-state index in [0.717, 1.165) is 29.9 Å². The first-order valence-corrected chi connectivity index (χ1v) is 6.58. The maximum absolute atomic E-state index is 12.3. The summed E-state index contributed by atoms with van der Waals surface area (Å²) in [4.78, 5) is 0. The highest BCUT2D eigenvalue weighted by atomic mass is 35.5. The maximum Gasteiger partial charge on any atom is 0.109 e. The van der Waals surface area contributed by atoms with Crippen molar-refractivity contribution in [2.75, 3.05) is 12.0 Å². The molecule has 20 heavy (non-hydrogen) atoms. The molecule has 2 rings (SSSR count). The molecule has 0 atom stereocenters. The number of rotatable bonds is 7. The first-order valence-electron chi connectivity index (χ1n) is 6.58. The Kier molecular flexibility index (Phi) is 6.51. The lowest BCUT2D eigenvalue weighted by Crippen LogP contribution is -2.00. The molecule has 5 nitrogen and oxygen atoms in total. The zero-order valence-electron chi connectivity index (χ0n) is 11.8. The number of anilines is 1. The van der Waals surface area contributed by atoms with E-state index in [0.29, 0.717) is 13.1 Å². The van der Waals surface area contributed by atoms with Gasteiger partial charge in [-0.1, -0.05) is 6.92 Å². The predicted octanol–water partition coefficient (Wildman–Crippen LogP) is 2.80. The van der Waals surface area contributed by atoms with Crippen molar-refractivity contribution < 1.29 is 4.39 Å². The fourth-order valence-electron chi connectivity index (χ4n) is 1.94. The van der Waals surface area contributed by atoms with Crippen molar-refractivity contribution >= 4 is 18.1 Å². The minimum atomic E-state index is -0.398. The Morgan fingerprint density at radius 1 is 1.25 bits per heavy atom. The molecule has 0 aliphatic heterocycles. The summed E-state index contributed by atoms with van der Waals surface area (Å²) in [5, 5.41) is 11.8. The molecule has 0 aliphatic rings. The zero-order chi connectivity index (χ0) is 13.7. The van der Waals surface area contributed by atoms with E-state index in [4.69, 9.17) is 0 Å². The lowest BCUT2D eigenvalue weighted by atomic mass is 10.3. The monoisotopic (exact) mass is 301 g/mol. The van der Waals surface area contributed by atoms with Gasteiger partial charge in [-0.25, -0.2) is 4.39 Å². The van der Waals surface area contributed by atoms with Crippen LogP contribution in [0.5, 0.6) is 0 Å². The van der Waals surface area contributed by atoms with Gasteiger partial charge in [-0.2, -0.15) is 10.2 Å². The number of halogens is 2. The second-order valence-electron chi connectivity index (χ2n) is 4.55. The smallest absolute Gasteiger partial charge is 0.109 e. The molecule has 0 unspecified atom stereocenters. The summed E-state index contributed by atoms with van der Waals surface area (Å²) >= 11 is 0. The van der Waals surface area contributed by atoms with E-state index in [1.54, 1.807) is 4.68 Å². The fourth-order valence-corrected chi connectivity index (χ4v) is 1.94. The molecule has 1 N–H and O–H groups in total. The topological polar surface area (TPSA) is 47.7 Å². The van der Waals surface area contributed by atoms with Crippen molar-refractivity contribution in [3.05, 3.63) is 29.8 Å². The van der Waals surface area contributed by atoms with Crippen LogP contribution < -0.4 is 5.32 Å². The first kappa shape index (κ1) is 16.5. The van der Waals surface area contributed by atoms with Gasteiger partial charge in [-0.3, -0.25) is 9.36 Å². The summed E-state index contributed by atoms with van der Waals surface area (Å²) in [6.07, 6.45) is 6.82. The Morgan fingerprint density at radius 3 is 2.75 bits per heavy atom. The highest BCUT2D eigenvalue weighted by Gasteiger charge is 2.05. The number of hydrogen-bond donors (Lipinski definition) is 1. The zero-order valence-corrected chi connectivity index (χ0v) is 12.7. The van der Waals surface area contributed by atoms with Crippen LogP contribution in [-0.2, 0) is 19.6 Å². The average Bonchev–Trinajstić information content (AvgIpc) is 2.95. The first-order chi connectivity index (χ1) is 9.22. The summed E-state index contributed by atoms with van der Waals surface area (Å²) in [6, 6.07) is 0. The van der Waals surface area contributed by atoms with Gasteiger partial charge in [0.15, 0.2) is 0 Å². The highest BCUT2D eigenvalue weighted by Crippen LogP contribution is 2.13. The van der Waals surface area contributed by atoms with Crippen molar-refractivity contribution in [1.82, 2.24) is 19.6 Å². The van der Waals surface area contributed by atoms with Gasteiger partial charge < -0.3 is 5.32 Å². The third kappa shape index (κ3) is 4.23. The van der Waals surface area contributed by atoms with Crippen LogP contribution in [0.3, 0.4) is 0 Å². The summed E-state index contributed by atoms with van der Waals surface area (Å²) in [5.41, 5.74) is 2.96. The van der Waals surface area contributed by atoms with Crippen LogP contribution in [0, 0.1) is 6.92 Å². The van der Waals surface area contributed by atoms with E-state index in [9.17, 15) is 4.39 Å². The standard InChI is InChI=1S/C13H20FN5.ClH/c1-3-5-18-9-12(8-16-18)7-15-13-10-19(6-4-14)17-11(13)2;/h8-10,15H,3-7H2,1-2H3;1H. The number of nitrogens with zero attached hydrogens (tertiary/aromatic N) is 4. The van der Waals surface area contributed by atoms with E-state index >= 15 is 0 Å². The van der Waals surface area contributed by atoms with Gasteiger partial charge in [0.2, 0.25) is 0 Å². The van der Waals surface area contributed by atoms with E-state index in [2.05, 4.69) is 22.4 Å². The number of nitrogens with one attached hydrogen (secondary N) is 1. The van der Waals surface area contributed by atoms with Gasteiger partial charge >= 0.3 is 0 Å². The van der Waals surface area contributed by atoms with Crippen molar-refractivity contribution in [3.63, 3.8) is 0 Å². The molecule has 2 aromatic rings. The highest BCUT2D eigenvalue weighted by molar-refractivity contribution is 5.85. The SMILES string of the molecule is CCCn1cc(CNc2cn(CCF)nc2C)cn1.Cl. The molecular formula is C13H21ClFN5. The molecule has 112 valence electrons. The number of aromatic nitrogens is 4. The lowest BCUT2D eigenvalue weighted by molar-refractivity contribution is 0.426. The summed E-state index contributed by atoms with van der Waals surface area (Å²) < 4.78 is 15.8. The minimum Gasteiger partial charge on any atom is -0.378 e. The van der Waals surface area contributed by atoms with Gasteiger partial charge in [0.1, 0.15) is 6.67 Å². The minimum absolute atomic E-state index is 0. The van der Waals surface area contributed by atoms with Crippen LogP contribution in [0.2, 0.25) is 0 Å². The van der Waals surface area contributed by atoms with Crippen molar-refractivity contribution in [2.24, 2.45) is 0 Å². The molecule has 0 bridgehead atoms. The van der Waals surface area contributed by atoms with E-state index < -0.39 is 6.67 Å². The molecule has 2 aromatic heterocycles. The summed E-state index contributed by atoms with van der Waals surface area (Å²) in [6.45, 7) is 5.58.